The van der Waals surface area contributed by atoms with Crippen LogP contribution in [0.2, 0.25) is 5.02 Å². The Morgan fingerprint density at radius 2 is 2.00 bits per heavy atom. The van der Waals surface area contributed by atoms with E-state index < -0.39 is 0 Å². The molecule has 2 aromatic rings. The van der Waals surface area contributed by atoms with Crippen molar-refractivity contribution in [2.24, 2.45) is 5.92 Å². The zero-order chi connectivity index (χ0) is 15.7. The molecule has 1 aliphatic heterocycles. The number of Topliss-reactive ketones (excluding diaryl/α,β-unsaturated/α-hetero) is 1. The van der Waals surface area contributed by atoms with E-state index in [0.29, 0.717) is 15.7 Å². The number of thioether (sulfide) groups is 1. The number of carbonyl (C=O) groups is 1. The van der Waals surface area contributed by atoms with Crippen LogP contribution in [0.3, 0.4) is 0 Å². The van der Waals surface area contributed by atoms with Crippen LogP contribution in [0.4, 0.5) is 0 Å². The molecule has 0 N–H and O–H groups in total. The number of allylic oxidation sites excluding steroid dienone is 1. The van der Waals surface area contributed by atoms with Crippen molar-refractivity contribution in [1.29, 1.82) is 0 Å². The predicted molar refractivity (Wildman–Crippen MR) is 96.6 cm³/mol. The Balaban J connectivity index is 1.75. The maximum atomic E-state index is 12.0. The van der Waals surface area contributed by atoms with Crippen molar-refractivity contribution in [3.05, 3.63) is 52.1 Å². The second-order valence-electron chi connectivity index (χ2n) is 4.73. The molecule has 1 atom stereocenters. The van der Waals surface area contributed by atoms with Crippen LogP contribution in [0.5, 0.6) is 0 Å². The summed E-state index contributed by atoms with van der Waals surface area (Å²) >= 11 is 13.9. The lowest BCUT2D eigenvalue weighted by Gasteiger charge is -1.98. The van der Waals surface area contributed by atoms with Gasteiger partial charge in [0.05, 0.1) is 15.0 Å². The molecule has 0 spiro atoms. The zero-order valence-corrected chi connectivity index (χ0v) is 14.7. The maximum Gasteiger partial charge on any atom is 0.178 e. The highest BCUT2D eigenvalue weighted by Crippen LogP contribution is 2.37. The van der Waals surface area contributed by atoms with Crippen LogP contribution in [-0.2, 0) is 4.79 Å². The second kappa shape index (κ2) is 6.62. The van der Waals surface area contributed by atoms with Gasteiger partial charge < -0.3 is 4.42 Å². The zero-order valence-electron chi connectivity index (χ0n) is 11.5. The third kappa shape index (κ3) is 3.49. The molecule has 2 nitrogen and oxygen atoms in total. The molecule has 0 bridgehead atoms. The van der Waals surface area contributed by atoms with Crippen molar-refractivity contribution in [3.8, 4) is 0 Å². The number of carbonyl (C=O) groups excluding carboxylic acids is 1. The monoisotopic (exact) mass is 366 g/mol. The summed E-state index contributed by atoms with van der Waals surface area (Å²) in [7, 11) is 0. The second-order valence-corrected chi connectivity index (χ2v) is 8.02. The number of thiocarbonyl (C=S) groups is 1. The summed E-state index contributed by atoms with van der Waals surface area (Å²) in [6, 6.07) is 11.3. The first-order chi connectivity index (χ1) is 10.5. The van der Waals surface area contributed by atoms with Gasteiger partial charge in [-0.25, -0.2) is 0 Å². The summed E-state index contributed by atoms with van der Waals surface area (Å²) in [5, 5.41) is 1.47. The third-order valence-corrected chi connectivity index (χ3v) is 5.99. The fraction of sp³-hybridized carbons (Fsp3) is 0.125. The summed E-state index contributed by atoms with van der Waals surface area (Å²) in [4.78, 5) is 13.7. The van der Waals surface area contributed by atoms with Crippen molar-refractivity contribution in [3.63, 3.8) is 0 Å². The molecule has 0 saturated carbocycles. The molecule has 0 radical (unpaired) electrons. The number of hydrogen-bond acceptors (Lipinski definition) is 5. The molecule has 3 rings (SSSR count). The number of ketones is 1. The fourth-order valence-electron chi connectivity index (χ4n) is 1.88. The highest BCUT2D eigenvalue weighted by molar-refractivity contribution is 8.27. The lowest BCUT2D eigenvalue weighted by molar-refractivity contribution is -0.115. The smallest absolute Gasteiger partial charge is 0.178 e. The minimum absolute atomic E-state index is 0.0679. The van der Waals surface area contributed by atoms with E-state index in [1.165, 1.54) is 23.5 Å². The van der Waals surface area contributed by atoms with E-state index in [1.807, 2.05) is 43.3 Å². The van der Waals surface area contributed by atoms with Crippen LogP contribution >= 0.6 is 47.3 Å². The highest BCUT2D eigenvalue weighted by atomic mass is 35.5. The van der Waals surface area contributed by atoms with Gasteiger partial charge in [-0.05, 0) is 49.4 Å². The maximum absolute atomic E-state index is 12.0. The molecule has 1 fully saturated rings. The van der Waals surface area contributed by atoms with E-state index in [1.54, 1.807) is 6.08 Å². The minimum Gasteiger partial charge on any atom is -0.450 e. The largest absolute Gasteiger partial charge is 0.450 e. The molecule has 1 unspecified atom stereocenters. The summed E-state index contributed by atoms with van der Waals surface area (Å²) in [6.45, 7) is 1.84. The van der Waals surface area contributed by atoms with E-state index in [-0.39, 0.29) is 11.7 Å². The van der Waals surface area contributed by atoms with Crippen molar-refractivity contribution < 1.29 is 9.21 Å². The molecule has 22 heavy (non-hydrogen) atoms. The predicted octanol–water partition coefficient (Wildman–Crippen LogP) is 5.70. The van der Waals surface area contributed by atoms with Crippen molar-refractivity contribution in [2.75, 3.05) is 0 Å². The molecule has 0 aliphatic carbocycles. The van der Waals surface area contributed by atoms with Crippen LogP contribution in [0.25, 0.3) is 6.08 Å². The van der Waals surface area contributed by atoms with Crippen molar-refractivity contribution >= 4 is 63.4 Å². The van der Waals surface area contributed by atoms with Gasteiger partial charge in [-0.1, -0.05) is 47.3 Å². The standard InChI is InChI=1S/C16H11ClO2S3/c1-9-15(18)13(22-16(9)20)8-11-4-7-14(19-11)21-12-5-2-10(17)3-6-12/h2-9H,1H3. The van der Waals surface area contributed by atoms with Crippen molar-refractivity contribution in [1.82, 2.24) is 0 Å². The number of halogens is 1. The van der Waals surface area contributed by atoms with Crippen LogP contribution in [0, 0.1) is 5.92 Å². The van der Waals surface area contributed by atoms with Gasteiger partial charge in [0.15, 0.2) is 10.9 Å². The van der Waals surface area contributed by atoms with Gasteiger partial charge >= 0.3 is 0 Å². The summed E-state index contributed by atoms with van der Waals surface area (Å²) < 4.78 is 6.46. The van der Waals surface area contributed by atoms with Crippen molar-refractivity contribution in [2.45, 2.75) is 16.9 Å². The average Bonchev–Trinajstić information content (AvgIpc) is 3.03. The Kier molecular flexibility index (Phi) is 4.78. The average molecular weight is 367 g/mol. The topological polar surface area (TPSA) is 30.2 Å². The molecule has 112 valence electrons. The lowest BCUT2D eigenvalue weighted by atomic mass is 10.1. The van der Waals surface area contributed by atoms with Gasteiger partial charge in [0.2, 0.25) is 0 Å². The Morgan fingerprint density at radius 3 is 2.64 bits per heavy atom. The molecule has 0 amide bonds. The molecule has 1 saturated heterocycles. The molecule has 2 heterocycles. The Labute approximate surface area is 147 Å². The van der Waals surface area contributed by atoms with Crippen LogP contribution in [0.1, 0.15) is 12.7 Å². The quantitative estimate of drug-likeness (QED) is 0.513. The first-order valence-electron chi connectivity index (χ1n) is 6.54. The number of rotatable bonds is 3. The first-order valence-corrected chi connectivity index (χ1v) is 8.96. The Bertz CT molecular complexity index is 762. The van der Waals surface area contributed by atoms with Gasteiger partial charge in [0, 0.05) is 9.92 Å². The van der Waals surface area contributed by atoms with Gasteiger partial charge in [-0.15, -0.1) is 0 Å². The van der Waals surface area contributed by atoms with E-state index in [0.717, 1.165) is 14.2 Å². The third-order valence-electron chi connectivity index (χ3n) is 3.11. The number of furan rings is 1. The van der Waals surface area contributed by atoms with Crippen LogP contribution < -0.4 is 0 Å². The van der Waals surface area contributed by atoms with Gasteiger partial charge in [-0.2, -0.15) is 0 Å². The summed E-state index contributed by atoms with van der Waals surface area (Å²) in [5.74, 6) is 0.534. The fourth-order valence-corrected chi connectivity index (χ4v) is 4.12. The van der Waals surface area contributed by atoms with E-state index >= 15 is 0 Å². The molecule has 1 aliphatic rings. The van der Waals surface area contributed by atoms with E-state index in [2.05, 4.69) is 0 Å². The van der Waals surface area contributed by atoms with E-state index in [4.69, 9.17) is 28.2 Å². The highest BCUT2D eigenvalue weighted by Gasteiger charge is 2.31. The van der Waals surface area contributed by atoms with Gasteiger partial charge in [-0.3, -0.25) is 4.79 Å². The first kappa shape index (κ1) is 15.9. The normalized spacial score (nSPS) is 20.1. The summed E-state index contributed by atoms with van der Waals surface area (Å²) in [5.41, 5.74) is 0. The number of benzene rings is 1. The molecular formula is C16H11ClO2S3. The Hall–Kier alpha value is -1.01. The summed E-state index contributed by atoms with van der Waals surface area (Å²) in [6.07, 6.45) is 1.76. The molecule has 1 aromatic heterocycles. The molecular weight excluding hydrogens is 356 g/mol. The lowest BCUT2D eigenvalue weighted by Crippen LogP contribution is -2.07. The van der Waals surface area contributed by atoms with E-state index in [9.17, 15) is 4.79 Å². The minimum atomic E-state index is -0.191. The molecule has 6 heteroatoms. The SMILES string of the molecule is CC1C(=O)C(=Cc2ccc(Sc3ccc(Cl)cc3)o2)SC1=S. The van der Waals surface area contributed by atoms with Crippen LogP contribution in [0.15, 0.2) is 55.7 Å². The number of hydrogen-bond donors (Lipinski definition) is 0. The van der Waals surface area contributed by atoms with Gasteiger partial charge in [0.1, 0.15) is 5.76 Å². The van der Waals surface area contributed by atoms with Crippen LogP contribution in [-0.4, -0.2) is 9.98 Å². The van der Waals surface area contributed by atoms with Gasteiger partial charge in [0.25, 0.3) is 0 Å². The Morgan fingerprint density at radius 1 is 1.27 bits per heavy atom. The molecule has 1 aromatic carbocycles.